The molecule has 5 heteroatoms. The van der Waals surface area contributed by atoms with Crippen molar-refractivity contribution in [1.29, 1.82) is 0 Å². The summed E-state index contributed by atoms with van der Waals surface area (Å²) in [7, 11) is 2.02. The van der Waals surface area contributed by atoms with Gasteiger partial charge in [-0.25, -0.2) is 0 Å². The van der Waals surface area contributed by atoms with Crippen molar-refractivity contribution in [2.24, 2.45) is 5.92 Å². The van der Waals surface area contributed by atoms with E-state index in [0.717, 1.165) is 65.1 Å². The molecule has 1 spiro atoms. The molecule has 0 amide bonds. The molecule has 5 nitrogen and oxygen atoms in total. The van der Waals surface area contributed by atoms with Gasteiger partial charge in [-0.1, -0.05) is 0 Å². The first-order chi connectivity index (χ1) is 9.81. The van der Waals surface area contributed by atoms with Crippen LogP contribution in [0.25, 0.3) is 0 Å². The number of rotatable bonds is 4. The van der Waals surface area contributed by atoms with Crippen LogP contribution in [-0.4, -0.2) is 58.0 Å². The van der Waals surface area contributed by atoms with Gasteiger partial charge in [-0.2, -0.15) is 0 Å². The smallest absolute Gasteiger partial charge is 0.171 e. The number of hydrogen-bond donors (Lipinski definition) is 1. The third-order valence-electron chi connectivity index (χ3n) is 4.87. The fraction of sp³-hybridized carbons (Fsp3) is 1.00. The Morgan fingerprint density at radius 1 is 1.10 bits per heavy atom. The zero-order valence-electron chi connectivity index (χ0n) is 12.4. The summed E-state index contributed by atoms with van der Waals surface area (Å²) in [6.45, 7) is 4.03. The third-order valence-corrected chi connectivity index (χ3v) is 4.87. The summed E-state index contributed by atoms with van der Waals surface area (Å²) in [5, 5.41) is 3.39. The molecule has 0 aromatic heterocycles. The van der Waals surface area contributed by atoms with Gasteiger partial charge in [0.15, 0.2) is 5.79 Å². The Bertz CT molecular complexity index is 300. The van der Waals surface area contributed by atoms with Crippen LogP contribution in [0.15, 0.2) is 0 Å². The molecule has 116 valence electrons. The molecule has 2 saturated heterocycles. The highest BCUT2D eigenvalue weighted by Crippen LogP contribution is 2.37. The van der Waals surface area contributed by atoms with Crippen LogP contribution in [0, 0.1) is 5.92 Å². The molecule has 0 bridgehead atoms. The van der Waals surface area contributed by atoms with Crippen molar-refractivity contribution in [3.05, 3.63) is 0 Å². The largest absolute Gasteiger partial charge is 0.381 e. The quantitative estimate of drug-likeness (QED) is 0.844. The highest BCUT2D eigenvalue weighted by atomic mass is 16.7. The van der Waals surface area contributed by atoms with Crippen LogP contribution in [0.4, 0.5) is 0 Å². The van der Waals surface area contributed by atoms with Gasteiger partial charge in [0, 0.05) is 32.1 Å². The van der Waals surface area contributed by atoms with Gasteiger partial charge in [0.1, 0.15) is 0 Å². The average Bonchev–Trinajstić information content (AvgIpc) is 2.94. The predicted octanol–water partition coefficient (Wildman–Crippen LogP) is 1.31. The summed E-state index contributed by atoms with van der Waals surface area (Å²) in [4.78, 5) is 0. The highest BCUT2D eigenvalue weighted by molar-refractivity contribution is 4.92. The molecule has 2 aliphatic heterocycles. The summed E-state index contributed by atoms with van der Waals surface area (Å²) in [6, 6.07) is 0.410. The Hall–Kier alpha value is -0.200. The molecule has 1 saturated carbocycles. The lowest BCUT2D eigenvalue weighted by Gasteiger charge is -2.41. The van der Waals surface area contributed by atoms with Crippen molar-refractivity contribution in [3.8, 4) is 0 Å². The third kappa shape index (κ3) is 3.34. The van der Waals surface area contributed by atoms with Crippen molar-refractivity contribution in [2.45, 2.75) is 50.0 Å². The monoisotopic (exact) mass is 285 g/mol. The van der Waals surface area contributed by atoms with Crippen molar-refractivity contribution in [1.82, 2.24) is 5.32 Å². The van der Waals surface area contributed by atoms with Gasteiger partial charge in [0.2, 0.25) is 0 Å². The fourth-order valence-electron chi connectivity index (χ4n) is 3.55. The first-order valence-corrected chi connectivity index (χ1v) is 7.96. The fourth-order valence-corrected chi connectivity index (χ4v) is 3.55. The predicted molar refractivity (Wildman–Crippen MR) is 74.6 cm³/mol. The molecule has 2 atom stereocenters. The maximum Gasteiger partial charge on any atom is 0.171 e. The number of likely N-dealkylation sites (N-methyl/N-ethyl adjacent to an activating group) is 1. The maximum atomic E-state index is 6.23. The molecule has 3 aliphatic rings. The number of nitrogens with one attached hydrogen (secondary N) is 1. The first kappa shape index (κ1) is 14.7. The first-order valence-electron chi connectivity index (χ1n) is 7.96. The minimum atomic E-state index is -0.367. The Morgan fingerprint density at radius 3 is 2.55 bits per heavy atom. The van der Waals surface area contributed by atoms with Gasteiger partial charge in [-0.05, 0) is 32.2 Å². The summed E-state index contributed by atoms with van der Waals surface area (Å²) >= 11 is 0. The molecule has 3 rings (SSSR count). The van der Waals surface area contributed by atoms with Crippen LogP contribution in [0.5, 0.6) is 0 Å². The lowest BCUT2D eigenvalue weighted by molar-refractivity contribution is -0.208. The van der Waals surface area contributed by atoms with Gasteiger partial charge in [-0.15, -0.1) is 0 Å². The van der Waals surface area contributed by atoms with Gasteiger partial charge in [-0.3, -0.25) is 0 Å². The lowest BCUT2D eigenvalue weighted by atomic mass is 9.87. The standard InChI is InChI=1S/C15H27NO4/c1-16-13-2-5-15(19-8-9-20-15)10-14(13)18-11-12-3-6-17-7-4-12/h12-14,16H,2-11H2,1H3. The van der Waals surface area contributed by atoms with Crippen molar-refractivity contribution < 1.29 is 18.9 Å². The van der Waals surface area contributed by atoms with E-state index in [2.05, 4.69) is 5.32 Å². The SMILES string of the molecule is CNC1CCC2(CC1OCC1CCOCC1)OCCO2. The van der Waals surface area contributed by atoms with Gasteiger partial charge in [0.25, 0.3) is 0 Å². The Balaban J connectivity index is 1.53. The van der Waals surface area contributed by atoms with Gasteiger partial charge >= 0.3 is 0 Å². The number of ether oxygens (including phenoxy) is 4. The van der Waals surface area contributed by atoms with E-state index in [0.29, 0.717) is 12.0 Å². The Labute approximate surface area is 121 Å². The van der Waals surface area contributed by atoms with E-state index in [1.165, 1.54) is 0 Å². The second-order valence-electron chi connectivity index (χ2n) is 6.17. The van der Waals surface area contributed by atoms with E-state index in [1.807, 2.05) is 7.05 Å². The van der Waals surface area contributed by atoms with E-state index >= 15 is 0 Å². The molecule has 1 aliphatic carbocycles. The van der Waals surface area contributed by atoms with Crippen LogP contribution >= 0.6 is 0 Å². The summed E-state index contributed by atoms with van der Waals surface area (Å²) in [5.74, 6) is 0.276. The van der Waals surface area contributed by atoms with Gasteiger partial charge < -0.3 is 24.3 Å². The minimum Gasteiger partial charge on any atom is -0.381 e. The van der Waals surface area contributed by atoms with Crippen LogP contribution in [0.3, 0.4) is 0 Å². The Kier molecular flexibility index (Phi) is 4.94. The molecule has 20 heavy (non-hydrogen) atoms. The molecule has 2 heterocycles. The molecule has 3 fully saturated rings. The van der Waals surface area contributed by atoms with E-state index < -0.39 is 0 Å². The summed E-state index contributed by atoms with van der Waals surface area (Å²) in [6.07, 6.45) is 5.30. The topological polar surface area (TPSA) is 49.0 Å². The molecular weight excluding hydrogens is 258 g/mol. The van der Waals surface area contributed by atoms with Crippen LogP contribution < -0.4 is 5.32 Å². The highest BCUT2D eigenvalue weighted by Gasteiger charge is 2.45. The van der Waals surface area contributed by atoms with Crippen molar-refractivity contribution in [3.63, 3.8) is 0 Å². The van der Waals surface area contributed by atoms with Crippen LogP contribution in [-0.2, 0) is 18.9 Å². The van der Waals surface area contributed by atoms with E-state index in [4.69, 9.17) is 18.9 Å². The maximum absolute atomic E-state index is 6.23. The molecule has 0 aromatic carbocycles. The van der Waals surface area contributed by atoms with Crippen LogP contribution in [0.1, 0.15) is 32.1 Å². The second-order valence-corrected chi connectivity index (χ2v) is 6.17. The average molecular weight is 285 g/mol. The Morgan fingerprint density at radius 2 is 1.85 bits per heavy atom. The second kappa shape index (κ2) is 6.71. The van der Waals surface area contributed by atoms with Crippen LogP contribution in [0.2, 0.25) is 0 Å². The lowest BCUT2D eigenvalue weighted by Crippen LogP contribution is -2.51. The molecule has 1 N–H and O–H groups in total. The molecule has 0 radical (unpaired) electrons. The molecule has 2 unspecified atom stereocenters. The van der Waals surface area contributed by atoms with Gasteiger partial charge in [0.05, 0.1) is 25.9 Å². The molecular formula is C15H27NO4. The minimum absolute atomic E-state index is 0.190. The zero-order valence-corrected chi connectivity index (χ0v) is 12.4. The summed E-state index contributed by atoms with van der Waals surface area (Å²) in [5.41, 5.74) is 0. The van der Waals surface area contributed by atoms with Crippen molar-refractivity contribution in [2.75, 3.05) is 40.1 Å². The zero-order chi connectivity index (χ0) is 13.8. The van der Waals surface area contributed by atoms with E-state index in [9.17, 15) is 0 Å². The molecule has 0 aromatic rings. The van der Waals surface area contributed by atoms with E-state index in [-0.39, 0.29) is 11.9 Å². The normalized spacial score (nSPS) is 34.6. The summed E-state index contributed by atoms with van der Waals surface area (Å²) < 4.78 is 23.3. The van der Waals surface area contributed by atoms with Crippen molar-refractivity contribution >= 4 is 0 Å². The van der Waals surface area contributed by atoms with E-state index in [1.54, 1.807) is 0 Å². The number of hydrogen-bond acceptors (Lipinski definition) is 5.